The number of nitrogens with two attached hydrogens (primary N) is 1. The summed E-state index contributed by atoms with van der Waals surface area (Å²) in [4.78, 5) is 8.95. The van der Waals surface area contributed by atoms with Crippen molar-refractivity contribution in [2.75, 3.05) is 7.11 Å². The summed E-state index contributed by atoms with van der Waals surface area (Å²) in [5.41, 5.74) is 5.44. The van der Waals surface area contributed by atoms with Gasteiger partial charge >= 0.3 is 0 Å². The second kappa shape index (κ2) is 8.43. The summed E-state index contributed by atoms with van der Waals surface area (Å²) < 4.78 is 3.86. The van der Waals surface area contributed by atoms with Gasteiger partial charge in [0.25, 0.3) is 6.47 Å². The van der Waals surface area contributed by atoms with Crippen LogP contribution in [0.5, 0.6) is 0 Å². The van der Waals surface area contributed by atoms with E-state index in [4.69, 9.17) is 10.5 Å². The maximum absolute atomic E-state index is 8.95. The van der Waals surface area contributed by atoms with Gasteiger partial charge in [-0.15, -0.1) is 0 Å². The first kappa shape index (κ1) is 12.1. The van der Waals surface area contributed by atoms with Crippen molar-refractivity contribution < 1.29 is 9.53 Å². The zero-order valence-electron chi connectivity index (χ0n) is 7.13. The minimum atomic E-state index is 0.352. The number of methoxy groups -OCH3 is 1. The summed E-state index contributed by atoms with van der Waals surface area (Å²) in [5.74, 6) is 0.630. The van der Waals surface area contributed by atoms with Gasteiger partial charge < -0.3 is 10.5 Å². The predicted molar refractivity (Wildman–Crippen MR) is 41.6 cm³/mol. The zero-order valence-corrected chi connectivity index (χ0v) is 7.13. The van der Waals surface area contributed by atoms with E-state index in [9.17, 15) is 0 Å². The van der Waals surface area contributed by atoms with E-state index in [-0.39, 0.29) is 0 Å². The standard InChI is InChI=1S/C5H13N.C2H4O2/c1-4(2)5(3)6;1-4-2-3/h4-5H,6H2,1-3H3;2H,1H3. The minimum absolute atomic E-state index is 0.352. The van der Waals surface area contributed by atoms with E-state index in [2.05, 4.69) is 18.6 Å². The van der Waals surface area contributed by atoms with E-state index in [1.165, 1.54) is 7.11 Å². The minimum Gasteiger partial charge on any atom is -0.471 e. The van der Waals surface area contributed by atoms with Crippen LogP contribution in [0.3, 0.4) is 0 Å². The molecule has 0 saturated heterocycles. The molecule has 0 aromatic carbocycles. The first-order valence-corrected chi connectivity index (χ1v) is 3.28. The number of carbonyl (C=O) groups is 1. The molecule has 0 spiro atoms. The lowest BCUT2D eigenvalue weighted by atomic mass is 10.1. The molecule has 0 aromatic heterocycles. The van der Waals surface area contributed by atoms with Gasteiger partial charge in [0.1, 0.15) is 0 Å². The molecular weight excluding hydrogens is 130 g/mol. The third-order valence-corrected chi connectivity index (χ3v) is 1.15. The Kier molecular flexibility index (Phi) is 10.2. The van der Waals surface area contributed by atoms with Gasteiger partial charge in [-0.25, -0.2) is 0 Å². The van der Waals surface area contributed by atoms with Crippen molar-refractivity contribution in [2.24, 2.45) is 11.7 Å². The maximum Gasteiger partial charge on any atom is 0.292 e. The molecule has 10 heavy (non-hydrogen) atoms. The van der Waals surface area contributed by atoms with Gasteiger partial charge in [0, 0.05) is 6.04 Å². The number of carbonyl (C=O) groups excluding carboxylic acids is 1. The number of rotatable bonds is 2. The van der Waals surface area contributed by atoms with Crippen LogP contribution in [0.4, 0.5) is 0 Å². The fraction of sp³-hybridized carbons (Fsp3) is 0.857. The lowest BCUT2D eigenvalue weighted by Gasteiger charge is -2.05. The maximum atomic E-state index is 8.95. The van der Waals surface area contributed by atoms with Gasteiger partial charge in [0.15, 0.2) is 0 Å². The smallest absolute Gasteiger partial charge is 0.292 e. The molecule has 0 aliphatic heterocycles. The first-order chi connectivity index (χ1) is 4.56. The highest BCUT2D eigenvalue weighted by molar-refractivity contribution is 5.36. The molecule has 0 rings (SSSR count). The van der Waals surface area contributed by atoms with Crippen molar-refractivity contribution in [3.63, 3.8) is 0 Å². The summed E-state index contributed by atoms with van der Waals surface area (Å²) >= 11 is 0. The van der Waals surface area contributed by atoms with Crippen LogP contribution < -0.4 is 5.73 Å². The van der Waals surface area contributed by atoms with Crippen molar-refractivity contribution in [1.82, 2.24) is 0 Å². The Morgan fingerprint density at radius 2 is 1.60 bits per heavy atom. The Morgan fingerprint density at radius 3 is 1.60 bits per heavy atom. The van der Waals surface area contributed by atoms with E-state index < -0.39 is 0 Å². The second-order valence-electron chi connectivity index (χ2n) is 2.44. The highest BCUT2D eigenvalue weighted by Crippen LogP contribution is 1.93. The van der Waals surface area contributed by atoms with Gasteiger partial charge in [-0.3, -0.25) is 4.79 Å². The quantitative estimate of drug-likeness (QED) is 0.587. The monoisotopic (exact) mass is 147 g/mol. The molecule has 1 unspecified atom stereocenters. The summed E-state index contributed by atoms with van der Waals surface area (Å²) in [6.45, 7) is 6.62. The molecule has 3 nitrogen and oxygen atoms in total. The van der Waals surface area contributed by atoms with Crippen LogP contribution in [-0.4, -0.2) is 19.6 Å². The molecule has 0 aromatic rings. The average molecular weight is 147 g/mol. The van der Waals surface area contributed by atoms with Gasteiger partial charge in [0.05, 0.1) is 7.11 Å². The second-order valence-corrected chi connectivity index (χ2v) is 2.44. The fourth-order valence-corrected chi connectivity index (χ4v) is 0. The Labute approximate surface area is 62.5 Å². The van der Waals surface area contributed by atoms with Crippen molar-refractivity contribution in [2.45, 2.75) is 26.8 Å². The highest BCUT2D eigenvalue weighted by atomic mass is 16.5. The molecule has 0 amide bonds. The molecule has 3 heteroatoms. The molecule has 0 heterocycles. The van der Waals surface area contributed by atoms with Crippen LogP contribution in [0.2, 0.25) is 0 Å². The molecule has 1 atom stereocenters. The molecule has 0 fully saturated rings. The molecular formula is C7H17NO2. The van der Waals surface area contributed by atoms with Crippen molar-refractivity contribution in [3.05, 3.63) is 0 Å². The van der Waals surface area contributed by atoms with Crippen LogP contribution in [0.15, 0.2) is 0 Å². The van der Waals surface area contributed by atoms with Crippen LogP contribution in [0.1, 0.15) is 20.8 Å². The molecule has 0 radical (unpaired) electrons. The lowest BCUT2D eigenvalue weighted by Crippen LogP contribution is -2.21. The topological polar surface area (TPSA) is 52.3 Å². The molecule has 0 aliphatic carbocycles. The third kappa shape index (κ3) is 15.7. The van der Waals surface area contributed by atoms with E-state index in [1.807, 2.05) is 6.92 Å². The number of ether oxygens (including phenoxy) is 1. The molecule has 2 N–H and O–H groups in total. The Hall–Kier alpha value is -0.570. The van der Waals surface area contributed by atoms with E-state index >= 15 is 0 Å². The SMILES string of the molecule is CC(C)C(C)N.COC=O. The van der Waals surface area contributed by atoms with Gasteiger partial charge in [-0.2, -0.15) is 0 Å². The Balaban J connectivity index is 0. The molecule has 0 bridgehead atoms. The van der Waals surface area contributed by atoms with E-state index in [0.717, 1.165) is 0 Å². The van der Waals surface area contributed by atoms with Crippen LogP contribution in [-0.2, 0) is 9.53 Å². The van der Waals surface area contributed by atoms with Crippen LogP contribution in [0.25, 0.3) is 0 Å². The molecule has 0 aliphatic rings. The van der Waals surface area contributed by atoms with Crippen molar-refractivity contribution in [3.8, 4) is 0 Å². The van der Waals surface area contributed by atoms with Gasteiger partial charge in [-0.1, -0.05) is 13.8 Å². The number of hydrogen-bond donors (Lipinski definition) is 1. The summed E-state index contributed by atoms with van der Waals surface area (Å²) in [5, 5.41) is 0. The average Bonchev–Trinajstić information content (AvgIpc) is 1.89. The summed E-state index contributed by atoms with van der Waals surface area (Å²) in [7, 11) is 1.31. The number of hydrogen-bond acceptors (Lipinski definition) is 3. The molecule has 62 valence electrons. The predicted octanol–water partition coefficient (Wildman–Crippen LogP) is 0.779. The Bertz CT molecular complexity index is 66.0. The Morgan fingerprint density at radius 1 is 1.40 bits per heavy atom. The molecule has 0 saturated carbocycles. The summed E-state index contributed by atoms with van der Waals surface area (Å²) in [6, 6.07) is 0.352. The normalized spacial score (nSPS) is 11.4. The van der Waals surface area contributed by atoms with Crippen molar-refractivity contribution in [1.29, 1.82) is 0 Å². The van der Waals surface area contributed by atoms with Crippen LogP contribution >= 0.6 is 0 Å². The zero-order chi connectivity index (χ0) is 8.57. The largest absolute Gasteiger partial charge is 0.471 e. The van der Waals surface area contributed by atoms with Crippen LogP contribution in [0, 0.1) is 5.92 Å². The van der Waals surface area contributed by atoms with Gasteiger partial charge in [0.2, 0.25) is 0 Å². The fourth-order valence-electron chi connectivity index (χ4n) is 0. The van der Waals surface area contributed by atoms with Gasteiger partial charge in [-0.05, 0) is 12.8 Å². The first-order valence-electron chi connectivity index (χ1n) is 3.28. The van der Waals surface area contributed by atoms with E-state index in [0.29, 0.717) is 18.4 Å². The van der Waals surface area contributed by atoms with E-state index in [1.54, 1.807) is 0 Å². The van der Waals surface area contributed by atoms with Crippen molar-refractivity contribution >= 4 is 6.47 Å². The lowest BCUT2D eigenvalue weighted by molar-refractivity contribution is -0.126. The highest BCUT2D eigenvalue weighted by Gasteiger charge is 1.95. The third-order valence-electron chi connectivity index (χ3n) is 1.15. The summed E-state index contributed by atoms with van der Waals surface area (Å²) in [6.07, 6.45) is 0.